The largest absolute Gasteiger partial charge is 0.134 e. The lowest BCUT2D eigenvalue weighted by molar-refractivity contribution is 1.54. The molecule has 0 saturated carbocycles. The minimum Gasteiger partial charge on any atom is -0.134 e. The summed E-state index contributed by atoms with van der Waals surface area (Å²) >= 11 is 5.20. The molecule has 0 aromatic heterocycles. The third kappa shape index (κ3) is 6.99. The standard InChI is InChI=1S/C9H14S3/c1-4-12-8-6-9(11-3)5-7-10-2/h6-8H,4H2,1-3H3. The van der Waals surface area contributed by atoms with E-state index in [9.17, 15) is 0 Å². The minimum atomic E-state index is 1.13. The molecule has 0 spiro atoms. The first-order valence-corrected chi connectivity index (χ1v) is 7.21. The van der Waals surface area contributed by atoms with Crippen LogP contribution in [0.5, 0.6) is 0 Å². The summed E-state index contributed by atoms with van der Waals surface area (Å²) in [6.07, 6.45) is 6.21. The Morgan fingerprint density at radius 3 is 2.67 bits per heavy atom. The van der Waals surface area contributed by atoms with Crippen LogP contribution in [0.3, 0.4) is 0 Å². The lowest BCUT2D eigenvalue weighted by Gasteiger charge is -1.90. The van der Waals surface area contributed by atoms with Crippen molar-refractivity contribution in [2.24, 2.45) is 0 Å². The Kier molecular flexibility index (Phi) is 9.64. The Morgan fingerprint density at radius 2 is 2.17 bits per heavy atom. The zero-order valence-corrected chi connectivity index (χ0v) is 10.1. The molecule has 0 saturated heterocycles. The molecule has 0 amide bonds. The first kappa shape index (κ1) is 12.3. The molecule has 0 nitrogen and oxygen atoms in total. The van der Waals surface area contributed by atoms with Crippen LogP contribution in [0.1, 0.15) is 6.92 Å². The van der Waals surface area contributed by atoms with Gasteiger partial charge in [0, 0.05) is 10.3 Å². The topological polar surface area (TPSA) is 0 Å². The van der Waals surface area contributed by atoms with Crippen LogP contribution in [0.25, 0.3) is 0 Å². The SMILES string of the molecule is CCSC=CC(=C=CSC)SC. The molecule has 0 aliphatic carbocycles. The average Bonchev–Trinajstić information content (AvgIpc) is 2.11. The van der Waals surface area contributed by atoms with Crippen LogP contribution in [-0.4, -0.2) is 18.3 Å². The highest BCUT2D eigenvalue weighted by Gasteiger charge is 1.83. The van der Waals surface area contributed by atoms with Gasteiger partial charge in [0.15, 0.2) is 0 Å². The number of hydrogen-bond acceptors (Lipinski definition) is 3. The first-order valence-electron chi connectivity index (χ1n) is 3.65. The van der Waals surface area contributed by atoms with Crippen molar-refractivity contribution >= 4 is 35.3 Å². The fraction of sp³-hybridized carbons (Fsp3) is 0.444. The fourth-order valence-corrected chi connectivity index (χ4v) is 1.71. The van der Waals surface area contributed by atoms with Crippen molar-refractivity contribution in [3.8, 4) is 0 Å². The monoisotopic (exact) mass is 218 g/mol. The van der Waals surface area contributed by atoms with Gasteiger partial charge in [-0.1, -0.05) is 12.7 Å². The van der Waals surface area contributed by atoms with Crippen molar-refractivity contribution in [1.29, 1.82) is 0 Å². The van der Waals surface area contributed by atoms with Gasteiger partial charge in [0.05, 0.1) is 0 Å². The maximum atomic E-state index is 3.20. The number of rotatable bonds is 5. The molecule has 0 aromatic rings. The molecule has 0 bridgehead atoms. The van der Waals surface area contributed by atoms with Crippen molar-refractivity contribution < 1.29 is 0 Å². The van der Waals surface area contributed by atoms with Gasteiger partial charge in [-0.3, -0.25) is 0 Å². The van der Waals surface area contributed by atoms with E-state index in [2.05, 4.69) is 30.4 Å². The smallest absolute Gasteiger partial charge is 0.0500 e. The Bertz CT molecular complexity index is 188. The number of hydrogen-bond donors (Lipinski definition) is 0. The predicted molar refractivity (Wildman–Crippen MR) is 65.9 cm³/mol. The fourth-order valence-electron chi connectivity index (χ4n) is 0.498. The van der Waals surface area contributed by atoms with E-state index >= 15 is 0 Å². The molecule has 3 heteroatoms. The molecular weight excluding hydrogens is 204 g/mol. The highest BCUT2D eigenvalue weighted by Crippen LogP contribution is 2.14. The summed E-state index contributed by atoms with van der Waals surface area (Å²) in [5.41, 5.74) is 3.20. The Hall–Kier alpha value is 0.310. The lowest BCUT2D eigenvalue weighted by Crippen LogP contribution is -1.64. The van der Waals surface area contributed by atoms with Crippen molar-refractivity contribution in [2.45, 2.75) is 6.92 Å². The van der Waals surface area contributed by atoms with Crippen molar-refractivity contribution in [2.75, 3.05) is 18.3 Å². The molecule has 0 radical (unpaired) electrons. The maximum absolute atomic E-state index is 3.20. The summed E-state index contributed by atoms with van der Waals surface area (Å²) in [5, 5.41) is 4.10. The van der Waals surface area contributed by atoms with Gasteiger partial charge < -0.3 is 0 Å². The van der Waals surface area contributed by atoms with Gasteiger partial charge in [0.2, 0.25) is 0 Å². The second-order valence-corrected chi connectivity index (χ2v) is 4.56. The summed E-state index contributed by atoms with van der Waals surface area (Å²) in [6, 6.07) is 0. The third-order valence-corrected chi connectivity index (χ3v) is 2.73. The van der Waals surface area contributed by atoms with Gasteiger partial charge >= 0.3 is 0 Å². The van der Waals surface area contributed by atoms with Gasteiger partial charge in [-0.15, -0.1) is 35.3 Å². The van der Waals surface area contributed by atoms with Gasteiger partial charge in [-0.05, 0) is 29.7 Å². The minimum absolute atomic E-state index is 1.13. The quantitative estimate of drug-likeness (QED) is 0.506. The highest BCUT2D eigenvalue weighted by atomic mass is 32.2. The van der Waals surface area contributed by atoms with Crippen LogP contribution in [0.15, 0.2) is 27.5 Å². The molecule has 0 rings (SSSR count). The third-order valence-electron chi connectivity index (χ3n) is 1.02. The molecule has 0 heterocycles. The van der Waals surface area contributed by atoms with Crippen LogP contribution in [0.2, 0.25) is 0 Å². The predicted octanol–water partition coefficient (Wildman–Crippen LogP) is 3.98. The molecular formula is C9H14S3. The van der Waals surface area contributed by atoms with E-state index in [1.807, 2.05) is 23.4 Å². The van der Waals surface area contributed by atoms with E-state index in [-0.39, 0.29) is 0 Å². The maximum Gasteiger partial charge on any atom is 0.0500 e. The van der Waals surface area contributed by atoms with Gasteiger partial charge in [-0.2, -0.15) is 0 Å². The van der Waals surface area contributed by atoms with Gasteiger partial charge in [0.25, 0.3) is 0 Å². The lowest BCUT2D eigenvalue weighted by atomic mass is 10.6. The van der Waals surface area contributed by atoms with E-state index < -0.39 is 0 Å². The van der Waals surface area contributed by atoms with Crippen LogP contribution < -0.4 is 0 Å². The molecule has 0 aromatic carbocycles. The highest BCUT2D eigenvalue weighted by molar-refractivity contribution is 8.03. The first-order chi connectivity index (χ1) is 5.85. The molecule has 0 atom stereocenters. The molecule has 0 unspecified atom stereocenters. The Morgan fingerprint density at radius 1 is 1.42 bits per heavy atom. The van der Waals surface area contributed by atoms with Crippen molar-refractivity contribution in [3.63, 3.8) is 0 Å². The normalized spacial score (nSPS) is 9.92. The van der Waals surface area contributed by atoms with Crippen molar-refractivity contribution in [1.82, 2.24) is 0 Å². The Labute approximate surface area is 88.0 Å². The van der Waals surface area contributed by atoms with Gasteiger partial charge in [0.1, 0.15) is 0 Å². The summed E-state index contributed by atoms with van der Waals surface area (Å²) < 4.78 is 0. The molecule has 68 valence electrons. The molecule has 0 fully saturated rings. The summed E-state index contributed by atoms with van der Waals surface area (Å²) in [4.78, 5) is 1.19. The van der Waals surface area contributed by atoms with Crippen LogP contribution in [-0.2, 0) is 0 Å². The second-order valence-electron chi connectivity index (χ2n) is 1.82. The van der Waals surface area contributed by atoms with E-state index in [0.29, 0.717) is 0 Å². The molecule has 0 N–H and O–H groups in total. The van der Waals surface area contributed by atoms with E-state index in [0.717, 1.165) is 5.75 Å². The Balaban J connectivity index is 4.07. The zero-order chi connectivity index (χ0) is 9.23. The molecule has 12 heavy (non-hydrogen) atoms. The zero-order valence-electron chi connectivity index (χ0n) is 7.66. The number of thioether (sulfide) groups is 3. The summed E-state index contributed by atoms with van der Waals surface area (Å²) in [5.74, 6) is 1.13. The van der Waals surface area contributed by atoms with Gasteiger partial charge in [-0.25, -0.2) is 0 Å². The van der Waals surface area contributed by atoms with E-state index in [4.69, 9.17) is 0 Å². The van der Waals surface area contributed by atoms with Crippen LogP contribution >= 0.6 is 35.3 Å². The van der Waals surface area contributed by atoms with Crippen LogP contribution in [0.4, 0.5) is 0 Å². The molecule has 0 aliphatic heterocycles. The summed E-state index contributed by atoms with van der Waals surface area (Å²) in [6.45, 7) is 2.15. The number of allylic oxidation sites excluding steroid dienone is 1. The van der Waals surface area contributed by atoms with Crippen molar-refractivity contribution in [3.05, 3.63) is 27.5 Å². The van der Waals surface area contributed by atoms with Crippen LogP contribution in [0, 0.1) is 0 Å². The second kappa shape index (κ2) is 9.40. The van der Waals surface area contributed by atoms with E-state index in [1.54, 1.807) is 23.5 Å². The molecule has 0 aliphatic rings. The summed E-state index contributed by atoms with van der Waals surface area (Å²) in [7, 11) is 0. The average molecular weight is 218 g/mol. The van der Waals surface area contributed by atoms with E-state index in [1.165, 1.54) is 4.91 Å².